The molecule has 0 aromatic heterocycles. The molecular formula is C13H25N3S. The molecule has 1 heterocycles. The van der Waals surface area contributed by atoms with Crippen LogP contribution >= 0.6 is 11.8 Å². The Hall–Kier alpha value is -0.220. The Labute approximate surface area is 109 Å². The standard InChI is InChI=1S/C13H25N3S/c1-3-11-7-10-17-13(15-11)14-8-9-16(4-2)12-5-6-12/h11-12H,3-10H2,1-2H3,(H,14,15). The summed E-state index contributed by atoms with van der Waals surface area (Å²) in [6, 6.07) is 1.52. The van der Waals surface area contributed by atoms with Gasteiger partial charge in [-0.25, -0.2) is 0 Å². The van der Waals surface area contributed by atoms with Crippen LogP contribution in [0, 0.1) is 0 Å². The summed E-state index contributed by atoms with van der Waals surface area (Å²) in [6.45, 7) is 7.76. The lowest BCUT2D eigenvalue weighted by molar-refractivity contribution is 0.286. The van der Waals surface area contributed by atoms with Gasteiger partial charge in [-0.05, 0) is 32.2 Å². The summed E-state index contributed by atoms with van der Waals surface area (Å²) in [4.78, 5) is 7.27. The second-order valence-corrected chi connectivity index (χ2v) is 6.02. The number of nitrogens with zero attached hydrogens (tertiary/aromatic N) is 2. The largest absolute Gasteiger partial charge is 0.362 e. The number of aliphatic imine (C=N–C) groups is 1. The van der Waals surface area contributed by atoms with E-state index in [1.807, 2.05) is 11.8 Å². The van der Waals surface area contributed by atoms with Gasteiger partial charge in [0.25, 0.3) is 0 Å². The Kier molecular flexibility index (Phi) is 5.16. The molecular weight excluding hydrogens is 230 g/mol. The zero-order valence-electron chi connectivity index (χ0n) is 11.1. The molecule has 2 rings (SSSR count). The fraction of sp³-hybridized carbons (Fsp3) is 0.923. The third-order valence-corrected chi connectivity index (χ3v) is 4.60. The predicted octanol–water partition coefficient (Wildman–Crippen LogP) is 2.33. The van der Waals surface area contributed by atoms with Gasteiger partial charge in [0.2, 0.25) is 0 Å². The molecule has 98 valence electrons. The molecule has 1 unspecified atom stereocenters. The minimum Gasteiger partial charge on any atom is -0.362 e. The molecule has 17 heavy (non-hydrogen) atoms. The fourth-order valence-electron chi connectivity index (χ4n) is 2.30. The molecule has 1 N–H and O–H groups in total. The lowest BCUT2D eigenvalue weighted by atomic mass is 10.2. The highest BCUT2D eigenvalue weighted by Crippen LogP contribution is 2.26. The van der Waals surface area contributed by atoms with Gasteiger partial charge in [0.1, 0.15) is 0 Å². The fourth-order valence-corrected chi connectivity index (χ4v) is 3.33. The topological polar surface area (TPSA) is 27.6 Å². The number of thioether (sulfide) groups is 1. The number of nitrogens with one attached hydrogen (secondary N) is 1. The van der Waals surface area contributed by atoms with Crippen LogP contribution in [0.2, 0.25) is 0 Å². The van der Waals surface area contributed by atoms with Crippen molar-refractivity contribution in [3.8, 4) is 0 Å². The van der Waals surface area contributed by atoms with Crippen molar-refractivity contribution < 1.29 is 0 Å². The van der Waals surface area contributed by atoms with Crippen molar-refractivity contribution in [2.75, 3.05) is 25.4 Å². The maximum absolute atomic E-state index is 4.71. The predicted molar refractivity (Wildman–Crippen MR) is 76.9 cm³/mol. The molecule has 1 atom stereocenters. The van der Waals surface area contributed by atoms with Gasteiger partial charge in [-0.3, -0.25) is 9.89 Å². The molecule has 2 fully saturated rings. The van der Waals surface area contributed by atoms with Gasteiger partial charge in [0, 0.05) is 24.4 Å². The molecule has 3 nitrogen and oxygen atoms in total. The molecule has 0 radical (unpaired) electrons. The Bertz CT molecular complexity index is 263. The van der Waals surface area contributed by atoms with E-state index in [-0.39, 0.29) is 0 Å². The molecule has 2 aliphatic rings. The molecule has 0 amide bonds. The first-order valence-corrected chi connectivity index (χ1v) is 7.99. The summed E-state index contributed by atoms with van der Waals surface area (Å²) in [5, 5.41) is 4.71. The zero-order chi connectivity index (χ0) is 12.1. The second kappa shape index (κ2) is 6.64. The van der Waals surface area contributed by atoms with Crippen LogP contribution in [0.3, 0.4) is 0 Å². The van der Waals surface area contributed by atoms with E-state index in [0.717, 1.165) is 19.1 Å². The average molecular weight is 255 g/mol. The lowest BCUT2D eigenvalue weighted by Crippen LogP contribution is -2.38. The van der Waals surface area contributed by atoms with Crippen LogP contribution in [-0.4, -0.2) is 47.5 Å². The van der Waals surface area contributed by atoms with Crippen molar-refractivity contribution in [3.05, 3.63) is 0 Å². The summed E-state index contributed by atoms with van der Waals surface area (Å²) in [6.07, 6.45) is 5.29. The highest BCUT2D eigenvalue weighted by atomic mass is 32.2. The maximum Gasteiger partial charge on any atom is 0.156 e. The van der Waals surface area contributed by atoms with Crippen LogP contribution in [0.5, 0.6) is 0 Å². The SMILES string of the molecule is CCC1CCSC(=NCCN(CC)C2CC2)N1. The van der Waals surface area contributed by atoms with Crippen LogP contribution in [0.25, 0.3) is 0 Å². The van der Waals surface area contributed by atoms with Gasteiger partial charge in [0.15, 0.2) is 5.17 Å². The number of hydrogen-bond donors (Lipinski definition) is 1. The first-order valence-electron chi connectivity index (χ1n) is 7.01. The van der Waals surface area contributed by atoms with Crippen LogP contribution in [0.1, 0.15) is 39.5 Å². The number of hydrogen-bond acceptors (Lipinski definition) is 3. The quantitative estimate of drug-likeness (QED) is 0.789. The van der Waals surface area contributed by atoms with E-state index < -0.39 is 0 Å². The van der Waals surface area contributed by atoms with Crippen LogP contribution in [0.4, 0.5) is 0 Å². The molecule has 1 aliphatic carbocycles. The minimum absolute atomic E-state index is 0.653. The van der Waals surface area contributed by atoms with Crippen LogP contribution in [0.15, 0.2) is 4.99 Å². The first-order chi connectivity index (χ1) is 8.33. The number of amidine groups is 1. The maximum atomic E-state index is 4.71. The van der Waals surface area contributed by atoms with Crippen molar-refractivity contribution in [1.82, 2.24) is 10.2 Å². The molecule has 1 aliphatic heterocycles. The van der Waals surface area contributed by atoms with Gasteiger partial charge in [-0.15, -0.1) is 0 Å². The summed E-state index contributed by atoms with van der Waals surface area (Å²) in [7, 11) is 0. The molecule has 1 saturated carbocycles. The van der Waals surface area contributed by atoms with Gasteiger partial charge in [-0.1, -0.05) is 25.6 Å². The Morgan fingerprint density at radius 2 is 2.18 bits per heavy atom. The summed E-state index contributed by atoms with van der Waals surface area (Å²) in [5.41, 5.74) is 0. The van der Waals surface area contributed by atoms with Crippen molar-refractivity contribution in [3.63, 3.8) is 0 Å². The van der Waals surface area contributed by atoms with Crippen molar-refractivity contribution in [1.29, 1.82) is 0 Å². The van der Waals surface area contributed by atoms with E-state index in [1.165, 1.54) is 43.1 Å². The van der Waals surface area contributed by atoms with E-state index in [1.54, 1.807) is 0 Å². The van der Waals surface area contributed by atoms with E-state index in [0.29, 0.717) is 6.04 Å². The third-order valence-electron chi connectivity index (χ3n) is 3.64. The van der Waals surface area contributed by atoms with E-state index in [9.17, 15) is 0 Å². The van der Waals surface area contributed by atoms with Crippen LogP contribution in [-0.2, 0) is 0 Å². The summed E-state index contributed by atoms with van der Waals surface area (Å²) < 4.78 is 0. The number of likely N-dealkylation sites (N-methyl/N-ethyl adjacent to an activating group) is 1. The van der Waals surface area contributed by atoms with E-state index in [2.05, 4.69) is 24.1 Å². The van der Waals surface area contributed by atoms with E-state index in [4.69, 9.17) is 4.99 Å². The highest BCUT2D eigenvalue weighted by molar-refractivity contribution is 8.13. The Balaban J connectivity index is 1.71. The van der Waals surface area contributed by atoms with Gasteiger partial charge < -0.3 is 5.32 Å². The molecule has 1 saturated heterocycles. The highest BCUT2D eigenvalue weighted by Gasteiger charge is 2.27. The van der Waals surface area contributed by atoms with Gasteiger partial charge in [0.05, 0.1) is 6.54 Å². The zero-order valence-corrected chi connectivity index (χ0v) is 11.9. The first kappa shape index (κ1) is 13.2. The minimum atomic E-state index is 0.653. The smallest absolute Gasteiger partial charge is 0.156 e. The summed E-state index contributed by atoms with van der Waals surface area (Å²) >= 11 is 1.89. The lowest BCUT2D eigenvalue weighted by Gasteiger charge is -2.24. The Morgan fingerprint density at radius 3 is 2.82 bits per heavy atom. The molecule has 0 spiro atoms. The van der Waals surface area contributed by atoms with Crippen molar-refractivity contribution in [2.45, 2.75) is 51.6 Å². The normalized spacial score (nSPS) is 27.5. The third kappa shape index (κ3) is 4.18. The summed E-state index contributed by atoms with van der Waals surface area (Å²) in [5.74, 6) is 1.23. The molecule has 4 heteroatoms. The van der Waals surface area contributed by atoms with Crippen molar-refractivity contribution in [2.24, 2.45) is 4.99 Å². The average Bonchev–Trinajstić information content (AvgIpc) is 3.19. The van der Waals surface area contributed by atoms with E-state index >= 15 is 0 Å². The van der Waals surface area contributed by atoms with Gasteiger partial charge >= 0.3 is 0 Å². The number of rotatable bonds is 6. The molecule has 0 aromatic carbocycles. The Morgan fingerprint density at radius 1 is 1.35 bits per heavy atom. The van der Waals surface area contributed by atoms with Crippen LogP contribution < -0.4 is 5.32 Å². The monoisotopic (exact) mass is 255 g/mol. The molecule has 0 aromatic rings. The van der Waals surface area contributed by atoms with Gasteiger partial charge in [-0.2, -0.15) is 0 Å². The van der Waals surface area contributed by atoms with Crippen molar-refractivity contribution >= 4 is 16.9 Å². The molecule has 0 bridgehead atoms. The second-order valence-electron chi connectivity index (χ2n) is 4.93.